The van der Waals surface area contributed by atoms with Gasteiger partial charge in [-0.2, -0.15) is 22.8 Å². The minimum atomic E-state index is -4.58. The van der Waals surface area contributed by atoms with Crippen molar-refractivity contribution in [1.82, 2.24) is 19.8 Å². The van der Waals surface area contributed by atoms with Crippen LogP contribution in [0.1, 0.15) is 5.82 Å². The van der Waals surface area contributed by atoms with Gasteiger partial charge in [0.25, 0.3) is 5.82 Å². The van der Waals surface area contributed by atoms with E-state index in [4.69, 9.17) is 11.6 Å². The summed E-state index contributed by atoms with van der Waals surface area (Å²) in [6.45, 7) is 0. The molecule has 4 nitrogen and oxygen atoms in total. The monoisotopic (exact) mass is 304 g/mol. The Morgan fingerprint density at radius 1 is 1.21 bits per heavy atom. The van der Waals surface area contributed by atoms with Gasteiger partial charge >= 0.3 is 6.18 Å². The summed E-state index contributed by atoms with van der Waals surface area (Å²) in [6.07, 6.45) is -4.58. The third-order valence-electron chi connectivity index (χ3n) is 2.32. The van der Waals surface area contributed by atoms with Crippen molar-refractivity contribution in [3.8, 4) is 10.6 Å². The second-order valence-corrected chi connectivity index (χ2v) is 5.03. The maximum absolute atomic E-state index is 12.6. The first-order chi connectivity index (χ1) is 8.95. The van der Waals surface area contributed by atoms with Crippen LogP contribution in [0.4, 0.5) is 13.2 Å². The molecule has 98 valence electrons. The molecule has 2 aromatic heterocycles. The molecule has 3 aromatic rings. The number of fused-ring (bicyclic) bond motifs is 1. The van der Waals surface area contributed by atoms with E-state index in [0.717, 1.165) is 11.3 Å². The van der Waals surface area contributed by atoms with Crippen molar-refractivity contribution in [2.75, 3.05) is 0 Å². The van der Waals surface area contributed by atoms with Gasteiger partial charge in [-0.3, -0.25) is 0 Å². The quantitative estimate of drug-likeness (QED) is 0.691. The summed E-state index contributed by atoms with van der Waals surface area (Å²) in [4.78, 5) is 0.0855. The van der Waals surface area contributed by atoms with Crippen molar-refractivity contribution in [2.45, 2.75) is 6.18 Å². The number of aromatic nitrogens is 4. The normalized spacial score (nSPS) is 12.2. The van der Waals surface area contributed by atoms with Crippen molar-refractivity contribution < 1.29 is 13.2 Å². The Labute approximate surface area is 113 Å². The zero-order chi connectivity index (χ0) is 13.6. The lowest BCUT2D eigenvalue weighted by Crippen LogP contribution is -2.11. The molecule has 0 saturated carbocycles. The molecule has 0 aliphatic heterocycles. The van der Waals surface area contributed by atoms with Crippen molar-refractivity contribution in [1.29, 1.82) is 0 Å². The van der Waals surface area contributed by atoms with Gasteiger partial charge < -0.3 is 0 Å². The zero-order valence-electron chi connectivity index (χ0n) is 9.02. The first-order valence-corrected chi connectivity index (χ1v) is 6.20. The minimum absolute atomic E-state index is 0.0855. The zero-order valence-corrected chi connectivity index (χ0v) is 10.6. The maximum atomic E-state index is 12.6. The summed E-state index contributed by atoms with van der Waals surface area (Å²) in [5.41, 5.74) is 0.635. The number of alkyl halides is 3. The molecule has 0 spiro atoms. The summed E-state index contributed by atoms with van der Waals surface area (Å²) >= 11 is 6.85. The fourth-order valence-electron chi connectivity index (χ4n) is 1.53. The van der Waals surface area contributed by atoms with Crippen LogP contribution < -0.4 is 0 Å². The van der Waals surface area contributed by atoms with E-state index in [1.165, 1.54) is 0 Å². The molecule has 3 rings (SSSR count). The van der Waals surface area contributed by atoms with Gasteiger partial charge in [-0.1, -0.05) is 35.1 Å². The van der Waals surface area contributed by atoms with Crippen molar-refractivity contribution in [3.05, 3.63) is 35.1 Å². The maximum Gasteiger partial charge on any atom is 0.453 e. The topological polar surface area (TPSA) is 43.1 Å². The standard InChI is InChI=1S/C10H4ClF3N4S/c11-6-3-1-2-5(4-6)7-17-18-8(10(12,13)14)15-16-9(18)19-7/h1-4H. The highest BCUT2D eigenvalue weighted by atomic mass is 35.5. The SMILES string of the molecule is FC(F)(F)c1nnc2sc(-c3cccc(Cl)c3)nn12. The lowest BCUT2D eigenvalue weighted by atomic mass is 10.2. The molecular weight excluding hydrogens is 301 g/mol. The van der Waals surface area contributed by atoms with Gasteiger partial charge in [-0.05, 0) is 12.1 Å². The molecule has 2 heterocycles. The van der Waals surface area contributed by atoms with E-state index in [-0.39, 0.29) is 4.96 Å². The van der Waals surface area contributed by atoms with E-state index in [1.807, 2.05) is 0 Å². The van der Waals surface area contributed by atoms with Crippen molar-refractivity contribution in [3.63, 3.8) is 0 Å². The van der Waals surface area contributed by atoms with Gasteiger partial charge in [0.05, 0.1) is 0 Å². The Kier molecular flexibility index (Phi) is 2.72. The van der Waals surface area contributed by atoms with Crippen LogP contribution in [0, 0.1) is 0 Å². The average molecular weight is 305 g/mol. The van der Waals surface area contributed by atoms with Crippen molar-refractivity contribution >= 4 is 27.9 Å². The number of hydrogen-bond acceptors (Lipinski definition) is 4. The molecule has 0 bridgehead atoms. The van der Waals surface area contributed by atoms with Crippen LogP contribution in [0.2, 0.25) is 5.02 Å². The van der Waals surface area contributed by atoms with Crippen LogP contribution in [0.5, 0.6) is 0 Å². The highest BCUT2D eigenvalue weighted by Gasteiger charge is 2.38. The van der Waals surface area contributed by atoms with E-state index in [9.17, 15) is 13.2 Å². The predicted octanol–water partition coefficient (Wildman–Crippen LogP) is 3.53. The average Bonchev–Trinajstić information content (AvgIpc) is 2.85. The third kappa shape index (κ3) is 2.17. The molecule has 0 fully saturated rings. The predicted molar refractivity (Wildman–Crippen MR) is 64.1 cm³/mol. The fraction of sp³-hybridized carbons (Fsp3) is 0.100. The smallest absolute Gasteiger partial charge is 0.178 e. The molecule has 0 aliphatic rings. The van der Waals surface area contributed by atoms with Crippen LogP contribution >= 0.6 is 22.9 Å². The number of halogens is 4. The van der Waals surface area contributed by atoms with Gasteiger partial charge in [0.1, 0.15) is 5.01 Å². The Hall–Kier alpha value is -1.67. The van der Waals surface area contributed by atoms with E-state index < -0.39 is 12.0 Å². The number of rotatable bonds is 1. The van der Waals surface area contributed by atoms with E-state index in [2.05, 4.69) is 15.3 Å². The van der Waals surface area contributed by atoms with Gasteiger partial charge in [0, 0.05) is 10.6 Å². The molecule has 0 atom stereocenters. The number of hydrogen-bond donors (Lipinski definition) is 0. The van der Waals surface area contributed by atoms with Crippen LogP contribution in [-0.4, -0.2) is 19.8 Å². The van der Waals surface area contributed by atoms with Crippen LogP contribution in [0.25, 0.3) is 15.5 Å². The summed E-state index contributed by atoms with van der Waals surface area (Å²) in [6, 6.07) is 6.71. The Morgan fingerprint density at radius 2 is 2.00 bits per heavy atom. The molecule has 0 radical (unpaired) electrons. The van der Waals surface area contributed by atoms with Gasteiger partial charge in [-0.25, -0.2) is 0 Å². The third-order valence-corrected chi connectivity index (χ3v) is 3.50. The summed E-state index contributed by atoms with van der Waals surface area (Å²) in [5, 5.41) is 11.3. The fourth-order valence-corrected chi connectivity index (χ4v) is 2.56. The summed E-state index contributed by atoms with van der Waals surface area (Å²) < 4.78 is 38.6. The first-order valence-electron chi connectivity index (χ1n) is 5.00. The lowest BCUT2D eigenvalue weighted by molar-refractivity contribution is -0.146. The Balaban J connectivity index is 2.15. The molecule has 0 saturated heterocycles. The van der Waals surface area contributed by atoms with Gasteiger partial charge in [0.15, 0.2) is 0 Å². The molecule has 19 heavy (non-hydrogen) atoms. The summed E-state index contributed by atoms with van der Waals surface area (Å²) in [5.74, 6) is -1.13. The van der Waals surface area contributed by atoms with Crippen LogP contribution in [0.3, 0.4) is 0 Å². The van der Waals surface area contributed by atoms with Gasteiger partial charge in [0.2, 0.25) is 4.96 Å². The number of nitrogens with zero attached hydrogens (tertiary/aromatic N) is 4. The Morgan fingerprint density at radius 3 is 2.68 bits per heavy atom. The molecular formula is C10H4ClF3N4S. The van der Waals surface area contributed by atoms with Crippen LogP contribution in [0.15, 0.2) is 24.3 Å². The van der Waals surface area contributed by atoms with Crippen LogP contribution in [-0.2, 0) is 6.18 Å². The van der Waals surface area contributed by atoms with E-state index >= 15 is 0 Å². The van der Waals surface area contributed by atoms with E-state index in [1.54, 1.807) is 24.3 Å². The molecule has 0 amide bonds. The molecule has 1 aromatic carbocycles. The first kappa shape index (κ1) is 12.4. The molecule has 0 unspecified atom stereocenters. The lowest BCUT2D eigenvalue weighted by Gasteiger charge is -2.00. The molecule has 0 N–H and O–H groups in total. The largest absolute Gasteiger partial charge is 0.453 e. The minimum Gasteiger partial charge on any atom is -0.178 e. The van der Waals surface area contributed by atoms with Crippen molar-refractivity contribution in [2.24, 2.45) is 0 Å². The van der Waals surface area contributed by atoms with Gasteiger partial charge in [-0.15, -0.1) is 10.2 Å². The van der Waals surface area contributed by atoms with E-state index in [0.29, 0.717) is 20.1 Å². The molecule has 0 aliphatic carbocycles. The second kappa shape index (κ2) is 4.17. The number of benzene rings is 1. The Bertz CT molecular complexity index is 749. The summed E-state index contributed by atoms with van der Waals surface area (Å²) in [7, 11) is 0. The molecule has 9 heteroatoms. The highest BCUT2D eigenvalue weighted by Crippen LogP contribution is 2.32. The highest BCUT2D eigenvalue weighted by molar-refractivity contribution is 7.19. The second-order valence-electron chi connectivity index (χ2n) is 3.63.